The van der Waals surface area contributed by atoms with Gasteiger partial charge in [-0.1, -0.05) is 133 Å². The number of fused-ring (bicyclic) bond motifs is 7. The molecule has 6 nitrogen and oxygen atoms in total. The second-order valence-electron chi connectivity index (χ2n) is 13.8. The van der Waals surface area contributed by atoms with Crippen LogP contribution in [0.2, 0.25) is 0 Å². The molecule has 0 fully saturated rings. The maximum Gasteiger partial charge on any atom is 0.178 e. The summed E-state index contributed by atoms with van der Waals surface area (Å²) in [6, 6.07) is 61.5. The zero-order valence-corrected chi connectivity index (χ0v) is 29.9. The van der Waals surface area contributed by atoms with Gasteiger partial charge in [0.2, 0.25) is 0 Å². The van der Waals surface area contributed by atoms with Crippen molar-refractivity contribution in [2.24, 2.45) is 0 Å². The van der Waals surface area contributed by atoms with Gasteiger partial charge in [0.05, 0.1) is 22.8 Å². The number of rotatable bonds is 6. The summed E-state index contributed by atoms with van der Waals surface area (Å²) in [6.07, 6.45) is 0. The van der Waals surface area contributed by atoms with E-state index in [9.17, 15) is 0 Å². The van der Waals surface area contributed by atoms with Gasteiger partial charge in [-0.25, -0.2) is 19.9 Å². The molecule has 0 saturated carbocycles. The fourth-order valence-electron chi connectivity index (χ4n) is 7.52. The molecule has 0 spiro atoms. The van der Waals surface area contributed by atoms with Crippen LogP contribution in [-0.2, 0) is 0 Å². The smallest absolute Gasteiger partial charge is 0.178 e. The summed E-state index contributed by atoms with van der Waals surface area (Å²) in [7, 11) is 0. The quantitative estimate of drug-likeness (QED) is 0.170. The summed E-state index contributed by atoms with van der Waals surface area (Å²) in [6.45, 7) is 0. The van der Waals surface area contributed by atoms with Crippen molar-refractivity contribution in [3.05, 3.63) is 182 Å². The fourth-order valence-corrected chi connectivity index (χ4v) is 7.52. The number of hydrogen-bond acceptors (Lipinski definition) is 6. The van der Waals surface area contributed by atoms with Crippen molar-refractivity contribution < 1.29 is 8.83 Å². The van der Waals surface area contributed by atoms with Gasteiger partial charge in [-0.3, -0.25) is 0 Å². The molecule has 7 aromatic carbocycles. The van der Waals surface area contributed by atoms with Crippen LogP contribution in [0.15, 0.2) is 191 Å². The van der Waals surface area contributed by atoms with E-state index in [2.05, 4.69) is 72.8 Å². The second kappa shape index (κ2) is 13.0. The van der Waals surface area contributed by atoms with Crippen molar-refractivity contribution in [2.45, 2.75) is 0 Å². The van der Waals surface area contributed by atoms with Crippen LogP contribution >= 0.6 is 0 Å². The average molecular weight is 719 g/mol. The van der Waals surface area contributed by atoms with Crippen LogP contribution in [0.1, 0.15) is 0 Å². The summed E-state index contributed by atoms with van der Waals surface area (Å²) in [5.74, 6) is 1.34. The van der Waals surface area contributed by atoms with Crippen molar-refractivity contribution in [3.8, 4) is 67.8 Å². The topological polar surface area (TPSA) is 77.8 Å². The maximum absolute atomic E-state index is 6.67. The van der Waals surface area contributed by atoms with Crippen LogP contribution in [0.5, 0.6) is 0 Å². The first-order valence-corrected chi connectivity index (χ1v) is 18.5. The molecule has 4 heterocycles. The molecule has 6 heteroatoms. The number of aromatic nitrogens is 4. The lowest BCUT2D eigenvalue weighted by molar-refractivity contribution is 0.633. The van der Waals surface area contributed by atoms with Gasteiger partial charge in [0.15, 0.2) is 22.8 Å². The van der Waals surface area contributed by atoms with Crippen LogP contribution in [0, 0.1) is 0 Å². The minimum absolute atomic E-state index is 0.671. The Hall–Kier alpha value is -7.70. The van der Waals surface area contributed by atoms with E-state index in [1.165, 1.54) is 0 Å². The highest BCUT2D eigenvalue weighted by Gasteiger charge is 2.19. The largest absolute Gasteiger partial charge is 0.452 e. The predicted octanol–water partition coefficient (Wildman–Crippen LogP) is 13.1. The van der Waals surface area contributed by atoms with Gasteiger partial charge in [-0.2, -0.15) is 0 Å². The third kappa shape index (κ3) is 5.51. The van der Waals surface area contributed by atoms with Crippen molar-refractivity contribution >= 4 is 43.9 Å². The number of nitrogens with zero attached hydrogens (tertiary/aromatic N) is 4. The average Bonchev–Trinajstić information content (AvgIpc) is 3.85. The van der Waals surface area contributed by atoms with E-state index >= 15 is 0 Å². The predicted molar refractivity (Wildman–Crippen MR) is 225 cm³/mol. The minimum Gasteiger partial charge on any atom is -0.452 e. The Kier molecular flexibility index (Phi) is 7.38. The SMILES string of the molecule is c1ccc(-c2cc(-c3ccc4c(c3)oc3c4ccc4c5ccc(-c6cc(-c7ccccc7)nc(-c7ccccc7)n6)cc5oc43)nc(-c3ccccc3)n2)cc1. The summed E-state index contributed by atoms with van der Waals surface area (Å²) in [4.78, 5) is 20.0. The Balaban J connectivity index is 1.03. The summed E-state index contributed by atoms with van der Waals surface area (Å²) >= 11 is 0. The third-order valence-corrected chi connectivity index (χ3v) is 10.3. The van der Waals surface area contributed by atoms with Gasteiger partial charge in [-0.05, 0) is 48.5 Å². The lowest BCUT2D eigenvalue weighted by atomic mass is 10.0. The zero-order valence-electron chi connectivity index (χ0n) is 29.9. The van der Waals surface area contributed by atoms with Crippen molar-refractivity contribution in [1.29, 1.82) is 0 Å². The Labute approximate surface area is 321 Å². The molecule has 0 aliphatic rings. The molecule has 0 bridgehead atoms. The van der Waals surface area contributed by atoms with Crippen LogP contribution in [0.25, 0.3) is 112 Å². The molecule has 4 aromatic heterocycles. The molecule has 11 aromatic rings. The number of furan rings is 2. The molecule has 0 amide bonds. The van der Waals surface area contributed by atoms with Crippen LogP contribution in [0.3, 0.4) is 0 Å². The highest BCUT2D eigenvalue weighted by molar-refractivity contribution is 6.19. The molecule has 0 aliphatic heterocycles. The number of benzene rings is 7. The normalized spacial score (nSPS) is 11.6. The van der Waals surface area contributed by atoms with Crippen molar-refractivity contribution in [2.75, 3.05) is 0 Å². The van der Waals surface area contributed by atoms with Crippen molar-refractivity contribution in [1.82, 2.24) is 19.9 Å². The molecule has 0 N–H and O–H groups in total. The lowest BCUT2D eigenvalue weighted by Gasteiger charge is -2.09. The molecule has 0 atom stereocenters. The molecule has 0 unspecified atom stereocenters. The van der Waals surface area contributed by atoms with Crippen LogP contribution in [-0.4, -0.2) is 19.9 Å². The van der Waals surface area contributed by atoms with E-state index in [0.29, 0.717) is 22.8 Å². The van der Waals surface area contributed by atoms with Crippen LogP contribution in [0.4, 0.5) is 0 Å². The van der Waals surface area contributed by atoms with Gasteiger partial charge in [0.1, 0.15) is 11.2 Å². The van der Waals surface area contributed by atoms with Crippen LogP contribution < -0.4 is 0 Å². The first-order valence-electron chi connectivity index (χ1n) is 18.5. The first kappa shape index (κ1) is 31.8. The van der Waals surface area contributed by atoms with Gasteiger partial charge in [0, 0.05) is 54.9 Å². The highest BCUT2D eigenvalue weighted by Crippen LogP contribution is 2.41. The lowest BCUT2D eigenvalue weighted by Crippen LogP contribution is -1.95. The van der Waals surface area contributed by atoms with Gasteiger partial charge in [0.25, 0.3) is 0 Å². The highest BCUT2D eigenvalue weighted by atomic mass is 16.4. The van der Waals surface area contributed by atoms with Gasteiger partial charge in [-0.15, -0.1) is 0 Å². The van der Waals surface area contributed by atoms with E-state index in [4.69, 9.17) is 28.8 Å². The third-order valence-electron chi connectivity index (χ3n) is 10.3. The molecule has 0 aliphatic carbocycles. The number of hydrogen-bond donors (Lipinski definition) is 0. The Morgan fingerprint density at radius 2 is 0.589 bits per heavy atom. The molecule has 56 heavy (non-hydrogen) atoms. The maximum atomic E-state index is 6.67. The molecule has 262 valence electrons. The van der Waals surface area contributed by atoms with E-state index in [1.807, 2.05) is 109 Å². The molecule has 11 rings (SSSR count). The van der Waals surface area contributed by atoms with Gasteiger partial charge >= 0.3 is 0 Å². The van der Waals surface area contributed by atoms with Gasteiger partial charge < -0.3 is 8.83 Å². The Morgan fingerprint density at radius 1 is 0.268 bits per heavy atom. The first-order chi connectivity index (χ1) is 27.7. The van der Waals surface area contributed by atoms with E-state index in [-0.39, 0.29) is 0 Å². The molecule has 0 saturated heterocycles. The Bertz CT molecular complexity index is 2900. The van der Waals surface area contributed by atoms with Crippen molar-refractivity contribution in [3.63, 3.8) is 0 Å². The molecular formula is C50H30N4O2. The van der Waals surface area contributed by atoms with E-state index in [1.54, 1.807) is 0 Å². The fraction of sp³-hybridized carbons (Fsp3) is 0. The Morgan fingerprint density at radius 3 is 0.964 bits per heavy atom. The molecular weight excluding hydrogens is 689 g/mol. The summed E-state index contributed by atoms with van der Waals surface area (Å²) < 4.78 is 13.3. The second-order valence-corrected chi connectivity index (χ2v) is 13.8. The van der Waals surface area contributed by atoms with E-state index in [0.717, 1.165) is 88.9 Å². The summed E-state index contributed by atoms with van der Waals surface area (Å²) in [5, 5.41) is 4.00. The standard InChI is InChI=1S/C50H30N4O2/c1-5-13-31(14-6-1)41-29-43(53-49(51-41)33-17-9-3-10-18-33)35-21-23-37-39-25-26-40-38-24-22-36(28-46(38)56-48(40)47(39)55-45(37)27-35)44-30-42(32-15-7-2-8-16-32)52-50(54-44)34-19-11-4-12-20-34/h1-30H. The van der Waals surface area contributed by atoms with E-state index < -0.39 is 0 Å². The monoisotopic (exact) mass is 718 g/mol. The zero-order chi connectivity index (χ0) is 37.0. The summed E-state index contributed by atoms with van der Waals surface area (Å²) in [5.41, 5.74) is 12.1. The minimum atomic E-state index is 0.671. The molecule has 0 radical (unpaired) electrons.